The van der Waals surface area contributed by atoms with Gasteiger partial charge in [0, 0.05) is 24.0 Å². The van der Waals surface area contributed by atoms with Crippen LogP contribution in [-0.2, 0) is 17.4 Å². The van der Waals surface area contributed by atoms with Crippen LogP contribution in [0.5, 0.6) is 0 Å². The van der Waals surface area contributed by atoms with E-state index in [1.807, 2.05) is 40.8 Å². The summed E-state index contributed by atoms with van der Waals surface area (Å²) in [5.41, 5.74) is 5.08. The van der Waals surface area contributed by atoms with E-state index in [-0.39, 0.29) is 10.8 Å². The Morgan fingerprint density at radius 2 is 1.92 bits per heavy atom. The molecular formula is C20H28N4OS. The van der Waals surface area contributed by atoms with Crippen molar-refractivity contribution in [1.82, 2.24) is 19.1 Å². The zero-order chi connectivity index (χ0) is 19.2. The fourth-order valence-corrected chi connectivity index (χ4v) is 3.95. The maximum atomic E-state index is 12.6. The summed E-state index contributed by atoms with van der Waals surface area (Å²) in [6, 6.07) is 4.20. The van der Waals surface area contributed by atoms with Crippen molar-refractivity contribution in [3.05, 3.63) is 41.0 Å². The van der Waals surface area contributed by atoms with Crippen LogP contribution in [0.25, 0.3) is 16.6 Å². The molecule has 0 spiro atoms. The van der Waals surface area contributed by atoms with E-state index in [0.717, 1.165) is 45.6 Å². The van der Waals surface area contributed by atoms with Gasteiger partial charge in [0.1, 0.15) is 11.5 Å². The molecule has 0 fully saturated rings. The Labute approximate surface area is 157 Å². The zero-order valence-electron chi connectivity index (χ0n) is 16.7. The molecule has 1 unspecified atom stereocenters. The van der Waals surface area contributed by atoms with E-state index in [1.165, 1.54) is 0 Å². The second-order valence-electron chi connectivity index (χ2n) is 7.93. The van der Waals surface area contributed by atoms with Crippen molar-refractivity contribution in [3.63, 3.8) is 0 Å². The topological polar surface area (TPSA) is 59.3 Å². The molecule has 0 bridgehead atoms. The Kier molecular flexibility index (Phi) is 4.92. The second kappa shape index (κ2) is 6.74. The van der Waals surface area contributed by atoms with Gasteiger partial charge in [0.2, 0.25) is 0 Å². The van der Waals surface area contributed by atoms with E-state index in [1.54, 1.807) is 0 Å². The van der Waals surface area contributed by atoms with Gasteiger partial charge in [0.05, 0.1) is 26.9 Å². The predicted molar refractivity (Wildman–Crippen MR) is 109 cm³/mol. The maximum Gasteiger partial charge on any atom is 0.147 e. The molecule has 2 atom stereocenters. The minimum absolute atomic E-state index is 0.0758. The molecule has 0 aliphatic rings. The van der Waals surface area contributed by atoms with Crippen molar-refractivity contribution in [2.24, 2.45) is 0 Å². The van der Waals surface area contributed by atoms with E-state index < -0.39 is 11.0 Å². The average Bonchev–Trinajstić information content (AvgIpc) is 2.94. The van der Waals surface area contributed by atoms with E-state index in [9.17, 15) is 4.21 Å². The number of aryl methyl sites for hydroxylation is 3. The van der Waals surface area contributed by atoms with Crippen LogP contribution in [0.4, 0.5) is 0 Å². The summed E-state index contributed by atoms with van der Waals surface area (Å²) < 4.78 is 17.6. The Morgan fingerprint density at radius 3 is 2.54 bits per heavy atom. The van der Waals surface area contributed by atoms with Gasteiger partial charge in [0.25, 0.3) is 0 Å². The lowest BCUT2D eigenvalue weighted by Gasteiger charge is -2.23. The number of imidazole rings is 1. The molecule has 5 nitrogen and oxygen atoms in total. The van der Waals surface area contributed by atoms with Crippen LogP contribution >= 0.6 is 0 Å². The molecule has 1 aromatic carbocycles. The number of nitrogens with zero attached hydrogens (tertiary/aromatic N) is 3. The van der Waals surface area contributed by atoms with Gasteiger partial charge in [-0.2, -0.15) is 0 Å². The molecule has 0 saturated carbocycles. The quantitative estimate of drug-likeness (QED) is 0.747. The first kappa shape index (κ1) is 19.0. The number of rotatable bonds is 4. The maximum absolute atomic E-state index is 12.6. The summed E-state index contributed by atoms with van der Waals surface area (Å²) in [7, 11) is -1.15. The Balaban J connectivity index is 2.22. The molecule has 0 saturated heterocycles. The molecule has 140 valence electrons. The fraction of sp³-hybridized carbons (Fsp3) is 0.500. The van der Waals surface area contributed by atoms with Crippen LogP contribution in [0.3, 0.4) is 0 Å². The number of hydrogen-bond donors (Lipinski definition) is 1. The van der Waals surface area contributed by atoms with Crippen LogP contribution in [0.2, 0.25) is 0 Å². The molecule has 3 rings (SSSR count). The first-order valence-corrected chi connectivity index (χ1v) is 10.2. The molecule has 1 N–H and O–H groups in total. The van der Waals surface area contributed by atoms with Gasteiger partial charge in [-0.3, -0.25) is 4.40 Å². The van der Waals surface area contributed by atoms with Crippen LogP contribution < -0.4 is 4.72 Å². The van der Waals surface area contributed by atoms with Gasteiger partial charge in [0.15, 0.2) is 0 Å². The van der Waals surface area contributed by atoms with Crippen molar-refractivity contribution in [2.45, 2.75) is 65.7 Å². The molecule has 6 heteroatoms. The van der Waals surface area contributed by atoms with Gasteiger partial charge in [-0.25, -0.2) is 18.9 Å². The molecular weight excluding hydrogens is 344 g/mol. The molecule has 26 heavy (non-hydrogen) atoms. The smallest absolute Gasteiger partial charge is 0.147 e. The van der Waals surface area contributed by atoms with E-state index >= 15 is 0 Å². The van der Waals surface area contributed by atoms with Crippen molar-refractivity contribution in [1.29, 1.82) is 0 Å². The first-order chi connectivity index (χ1) is 12.1. The summed E-state index contributed by atoms with van der Waals surface area (Å²) >= 11 is 0. The van der Waals surface area contributed by atoms with Gasteiger partial charge in [-0.1, -0.05) is 13.0 Å². The predicted octanol–water partition coefficient (Wildman–Crippen LogP) is 4.17. The number of benzene rings is 1. The van der Waals surface area contributed by atoms with Crippen LogP contribution in [0.1, 0.15) is 63.3 Å². The lowest BCUT2D eigenvalue weighted by atomic mass is 10.0. The summed E-state index contributed by atoms with van der Waals surface area (Å²) in [6.45, 7) is 14.2. The lowest BCUT2D eigenvalue weighted by molar-refractivity contribution is 0.617. The van der Waals surface area contributed by atoms with Gasteiger partial charge >= 0.3 is 0 Å². The number of aromatic nitrogens is 3. The van der Waals surface area contributed by atoms with Crippen molar-refractivity contribution in [3.8, 4) is 0 Å². The highest BCUT2D eigenvalue weighted by Crippen LogP contribution is 2.29. The van der Waals surface area contributed by atoms with Gasteiger partial charge in [-0.05, 0) is 58.7 Å². The standard InChI is InChI=1S/C20H28N4OS/c1-8-17-22-18-15(14(4)23-26(25)20(5,6)7)9-12(2)10-16(18)19-21-13(3)11-24(17)19/h9-11,14,23H,8H2,1-7H3/t14-,26?/m1/s1. The third-order valence-corrected chi connectivity index (χ3v) is 6.17. The normalized spacial score (nSPS) is 14.9. The molecule has 2 aromatic heterocycles. The molecule has 0 aliphatic carbocycles. The Bertz CT molecular complexity index is 1000. The monoisotopic (exact) mass is 372 g/mol. The number of nitrogens with one attached hydrogen (secondary N) is 1. The van der Waals surface area contributed by atoms with Gasteiger partial charge < -0.3 is 0 Å². The Hall–Kier alpha value is -1.79. The zero-order valence-corrected chi connectivity index (χ0v) is 17.5. The summed E-state index contributed by atoms with van der Waals surface area (Å²) in [5.74, 6) is 0.988. The minimum Gasteiger partial charge on any atom is -0.287 e. The molecule has 0 aliphatic heterocycles. The SMILES string of the molecule is CCc1nc2c([C@@H](C)NS(=O)C(C)(C)C)cc(C)cc2c2nc(C)cn12. The Morgan fingerprint density at radius 1 is 1.23 bits per heavy atom. The summed E-state index contributed by atoms with van der Waals surface area (Å²) in [6.07, 6.45) is 2.87. The van der Waals surface area contributed by atoms with E-state index in [2.05, 4.69) is 35.1 Å². The first-order valence-electron chi connectivity index (χ1n) is 9.08. The van der Waals surface area contributed by atoms with Crippen LogP contribution in [-0.4, -0.2) is 23.3 Å². The summed E-state index contributed by atoms with van der Waals surface area (Å²) in [5, 5.41) is 1.04. The van der Waals surface area contributed by atoms with Crippen LogP contribution in [0, 0.1) is 13.8 Å². The molecule has 0 amide bonds. The molecule has 3 aromatic rings. The largest absolute Gasteiger partial charge is 0.287 e. The highest BCUT2D eigenvalue weighted by molar-refractivity contribution is 7.84. The highest BCUT2D eigenvalue weighted by Gasteiger charge is 2.23. The highest BCUT2D eigenvalue weighted by atomic mass is 32.2. The summed E-state index contributed by atoms with van der Waals surface area (Å²) in [4.78, 5) is 9.69. The average molecular weight is 373 g/mol. The van der Waals surface area contributed by atoms with Gasteiger partial charge in [-0.15, -0.1) is 0 Å². The number of fused-ring (bicyclic) bond motifs is 3. The fourth-order valence-electron chi connectivity index (χ4n) is 3.15. The van der Waals surface area contributed by atoms with Crippen molar-refractivity contribution < 1.29 is 4.21 Å². The molecule has 2 heterocycles. The molecule has 0 radical (unpaired) electrons. The third kappa shape index (κ3) is 3.40. The lowest BCUT2D eigenvalue weighted by Crippen LogP contribution is -2.35. The van der Waals surface area contributed by atoms with Crippen LogP contribution in [0.15, 0.2) is 18.3 Å². The van der Waals surface area contributed by atoms with Crippen molar-refractivity contribution >= 4 is 27.5 Å². The minimum atomic E-state index is -1.15. The van der Waals surface area contributed by atoms with Crippen molar-refractivity contribution in [2.75, 3.05) is 0 Å². The number of hydrogen-bond acceptors (Lipinski definition) is 3. The van der Waals surface area contributed by atoms with E-state index in [4.69, 9.17) is 9.97 Å². The van der Waals surface area contributed by atoms with E-state index in [0.29, 0.717) is 0 Å². The second-order valence-corrected chi connectivity index (χ2v) is 9.93. The third-order valence-electron chi connectivity index (χ3n) is 4.49.